The first-order valence-corrected chi connectivity index (χ1v) is 12.7. The van der Waals surface area contributed by atoms with Crippen LogP contribution in [0.1, 0.15) is 56.7 Å². The van der Waals surface area contributed by atoms with Gasteiger partial charge in [0.15, 0.2) is 0 Å². The zero-order chi connectivity index (χ0) is 24.2. The Hall–Kier alpha value is -2.71. The molecule has 1 aliphatic rings. The Morgan fingerprint density at radius 2 is 1.55 bits per heavy atom. The Bertz CT molecular complexity index is 1070. The van der Waals surface area contributed by atoms with E-state index in [1.54, 1.807) is 38.1 Å². The van der Waals surface area contributed by atoms with Crippen molar-refractivity contribution in [3.8, 4) is 0 Å². The number of carbonyl (C=O) groups is 2. The molecule has 3 rings (SSSR count). The van der Waals surface area contributed by atoms with E-state index in [1.165, 1.54) is 0 Å². The number of sulfonamides is 1. The van der Waals surface area contributed by atoms with Crippen molar-refractivity contribution in [1.29, 1.82) is 0 Å². The van der Waals surface area contributed by atoms with E-state index in [1.807, 2.05) is 37.3 Å². The van der Waals surface area contributed by atoms with E-state index in [9.17, 15) is 23.1 Å². The van der Waals surface area contributed by atoms with Gasteiger partial charge in [0.05, 0.1) is 16.4 Å². The number of hydrogen-bond acceptors (Lipinski definition) is 4. The largest absolute Gasteiger partial charge is 0.481 e. The number of carboxylic acids is 1. The van der Waals surface area contributed by atoms with Gasteiger partial charge in [-0.3, -0.25) is 9.59 Å². The number of nitrogens with one attached hydrogen (secondary N) is 2. The van der Waals surface area contributed by atoms with Crippen molar-refractivity contribution >= 4 is 21.9 Å². The summed E-state index contributed by atoms with van der Waals surface area (Å²) >= 11 is 0. The maximum absolute atomic E-state index is 13.1. The lowest BCUT2D eigenvalue weighted by Gasteiger charge is -2.34. The summed E-state index contributed by atoms with van der Waals surface area (Å²) < 4.78 is 28.1. The van der Waals surface area contributed by atoms with Crippen LogP contribution < -0.4 is 10.0 Å². The highest BCUT2D eigenvalue weighted by Gasteiger charge is 2.40. The Morgan fingerprint density at radius 3 is 2.09 bits per heavy atom. The number of benzene rings is 2. The van der Waals surface area contributed by atoms with E-state index in [-0.39, 0.29) is 22.8 Å². The first kappa shape index (κ1) is 24.9. The fourth-order valence-electron chi connectivity index (χ4n) is 4.19. The average Bonchev–Trinajstić information content (AvgIpc) is 2.78. The van der Waals surface area contributed by atoms with Gasteiger partial charge in [0, 0.05) is 12.0 Å². The molecular formula is C25H32N2O5S. The second-order valence-electron chi connectivity index (χ2n) is 9.36. The minimum atomic E-state index is -3.61. The second kappa shape index (κ2) is 10.1. The van der Waals surface area contributed by atoms with E-state index >= 15 is 0 Å². The number of carbonyl (C=O) groups excluding carboxylic acids is 1. The van der Waals surface area contributed by atoms with Crippen molar-refractivity contribution in [2.75, 3.05) is 0 Å². The van der Waals surface area contributed by atoms with E-state index < -0.39 is 27.4 Å². The number of rotatable bonds is 8. The predicted molar refractivity (Wildman–Crippen MR) is 126 cm³/mol. The van der Waals surface area contributed by atoms with Crippen molar-refractivity contribution in [1.82, 2.24) is 10.0 Å². The summed E-state index contributed by atoms with van der Waals surface area (Å²) in [5.74, 6) is -1.48. The van der Waals surface area contributed by atoms with Gasteiger partial charge in [0.25, 0.3) is 0 Å². The maximum Gasteiger partial charge on any atom is 0.311 e. The molecule has 1 aliphatic carbocycles. The molecular weight excluding hydrogens is 440 g/mol. The highest BCUT2D eigenvalue weighted by molar-refractivity contribution is 7.89. The first-order chi connectivity index (χ1) is 15.5. The van der Waals surface area contributed by atoms with Gasteiger partial charge >= 0.3 is 5.97 Å². The van der Waals surface area contributed by atoms with Gasteiger partial charge in [-0.25, -0.2) is 13.1 Å². The molecule has 0 aliphatic heterocycles. The number of aryl methyl sites for hydroxylation is 1. The molecule has 0 unspecified atom stereocenters. The summed E-state index contributed by atoms with van der Waals surface area (Å²) in [5, 5.41) is 12.7. The molecule has 1 atom stereocenters. The summed E-state index contributed by atoms with van der Waals surface area (Å²) in [7, 11) is -3.61. The Morgan fingerprint density at radius 1 is 0.970 bits per heavy atom. The molecule has 2 aromatic carbocycles. The molecule has 2 aromatic rings. The number of amides is 1. The third-order valence-electron chi connectivity index (χ3n) is 6.44. The fourth-order valence-corrected chi connectivity index (χ4v) is 5.49. The monoisotopic (exact) mass is 472 g/mol. The van der Waals surface area contributed by atoms with E-state index in [0.29, 0.717) is 25.7 Å². The van der Waals surface area contributed by atoms with E-state index in [0.717, 1.165) is 11.1 Å². The van der Waals surface area contributed by atoms with Gasteiger partial charge in [-0.05, 0) is 64.2 Å². The zero-order valence-electron chi connectivity index (χ0n) is 19.2. The normalized spacial score (nSPS) is 20.1. The molecule has 1 amide bonds. The Labute approximate surface area is 195 Å². The van der Waals surface area contributed by atoms with E-state index in [2.05, 4.69) is 10.0 Å². The van der Waals surface area contributed by atoms with Crippen molar-refractivity contribution < 1.29 is 23.1 Å². The van der Waals surface area contributed by atoms with Gasteiger partial charge in [-0.15, -0.1) is 0 Å². The third-order valence-corrected chi connectivity index (χ3v) is 7.98. The van der Waals surface area contributed by atoms with E-state index in [4.69, 9.17) is 0 Å². The summed E-state index contributed by atoms with van der Waals surface area (Å²) in [6, 6.07) is 14.9. The molecule has 0 aromatic heterocycles. The maximum atomic E-state index is 13.1. The number of aliphatic carboxylic acids is 1. The summed E-state index contributed by atoms with van der Waals surface area (Å²) in [4.78, 5) is 25.2. The van der Waals surface area contributed by atoms with Crippen LogP contribution in [-0.4, -0.2) is 31.4 Å². The molecule has 0 spiro atoms. The highest BCUT2D eigenvalue weighted by atomic mass is 32.2. The highest BCUT2D eigenvalue weighted by Crippen LogP contribution is 2.35. The molecule has 1 saturated carbocycles. The molecule has 0 bridgehead atoms. The molecule has 33 heavy (non-hydrogen) atoms. The standard InChI is InChI=1S/C25H32N2O5S/c1-17-9-15-21(16-10-17)33(31,32)27-20-13-11-19(12-14-20)23(28)26-22(25(2,3)24(29)30)18-7-5-4-6-8-18/h4-10,15-16,19-20,22,27H,11-14H2,1-3H3,(H,26,28)(H,29,30)/t19-,20-,22-/m0/s1. The van der Waals surface area contributed by atoms with Crippen LogP contribution in [0, 0.1) is 18.3 Å². The summed E-state index contributed by atoms with van der Waals surface area (Å²) in [6.07, 6.45) is 2.15. The van der Waals surface area contributed by atoms with Gasteiger partial charge in [0.1, 0.15) is 0 Å². The van der Waals surface area contributed by atoms with Crippen molar-refractivity contribution in [2.24, 2.45) is 11.3 Å². The van der Waals surface area contributed by atoms with Gasteiger partial charge in [0.2, 0.25) is 15.9 Å². The molecule has 8 heteroatoms. The van der Waals surface area contributed by atoms with Crippen LogP contribution in [0.2, 0.25) is 0 Å². The SMILES string of the molecule is Cc1ccc(S(=O)(=O)N[C@H]2CC[C@H](C(=O)N[C@@H](c3ccccc3)C(C)(C)C(=O)O)CC2)cc1. The van der Waals surface area contributed by atoms with Crippen LogP contribution in [0.15, 0.2) is 59.5 Å². The first-order valence-electron chi connectivity index (χ1n) is 11.2. The predicted octanol–water partition coefficient (Wildman–Crippen LogP) is 3.80. The smallest absolute Gasteiger partial charge is 0.311 e. The molecule has 0 saturated heterocycles. The Balaban J connectivity index is 1.63. The van der Waals surface area contributed by atoms with Crippen molar-refractivity contribution in [3.05, 3.63) is 65.7 Å². The lowest BCUT2D eigenvalue weighted by atomic mass is 9.79. The quantitative estimate of drug-likeness (QED) is 0.541. The minimum absolute atomic E-state index is 0.196. The van der Waals surface area contributed by atoms with Crippen LogP contribution in [0.25, 0.3) is 0 Å². The van der Waals surface area contributed by atoms with Gasteiger partial charge in [-0.1, -0.05) is 48.0 Å². The van der Waals surface area contributed by atoms with Gasteiger partial charge in [-0.2, -0.15) is 0 Å². The minimum Gasteiger partial charge on any atom is -0.481 e. The van der Waals surface area contributed by atoms with Crippen LogP contribution in [0.5, 0.6) is 0 Å². The molecule has 3 N–H and O–H groups in total. The lowest BCUT2D eigenvalue weighted by Crippen LogP contribution is -2.46. The molecule has 1 fully saturated rings. The van der Waals surface area contributed by atoms with Crippen LogP contribution >= 0.6 is 0 Å². The fraction of sp³-hybridized carbons (Fsp3) is 0.440. The van der Waals surface area contributed by atoms with Crippen LogP contribution in [0.3, 0.4) is 0 Å². The second-order valence-corrected chi connectivity index (χ2v) is 11.1. The summed E-state index contributed by atoms with van der Waals surface area (Å²) in [5.41, 5.74) is 0.524. The zero-order valence-corrected chi connectivity index (χ0v) is 20.1. The molecule has 0 heterocycles. The summed E-state index contributed by atoms with van der Waals surface area (Å²) in [6.45, 7) is 5.10. The molecule has 7 nitrogen and oxygen atoms in total. The van der Waals surface area contributed by atoms with Gasteiger partial charge < -0.3 is 10.4 Å². The number of hydrogen-bond donors (Lipinski definition) is 3. The van der Waals surface area contributed by atoms with Crippen LogP contribution in [0.4, 0.5) is 0 Å². The van der Waals surface area contributed by atoms with Crippen molar-refractivity contribution in [3.63, 3.8) is 0 Å². The third kappa shape index (κ3) is 6.00. The van der Waals surface area contributed by atoms with Crippen molar-refractivity contribution in [2.45, 2.75) is 63.4 Å². The average molecular weight is 473 g/mol. The lowest BCUT2D eigenvalue weighted by molar-refractivity contribution is -0.149. The van der Waals surface area contributed by atoms with Crippen LogP contribution in [-0.2, 0) is 19.6 Å². The molecule has 0 radical (unpaired) electrons. The topological polar surface area (TPSA) is 113 Å². The Kier molecular flexibility index (Phi) is 7.59. The molecule has 178 valence electrons. The number of carboxylic acid groups (broad SMARTS) is 1.